The van der Waals surface area contributed by atoms with Crippen molar-refractivity contribution in [3.8, 4) is 0 Å². The molecule has 1 amide bonds. The molecule has 1 aromatic heterocycles. The SMILES string of the molecule is Cc1cc(NS(=O)(=O)c2ccc(NC(=O)CC(CC(=O)O)c3ccccc3)cc2)no1. The van der Waals surface area contributed by atoms with Crippen molar-refractivity contribution in [2.75, 3.05) is 10.0 Å². The molecule has 0 saturated heterocycles. The third-order valence-corrected chi connectivity index (χ3v) is 5.81. The van der Waals surface area contributed by atoms with Crippen molar-refractivity contribution in [2.24, 2.45) is 0 Å². The third-order valence-electron chi connectivity index (χ3n) is 4.44. The molecule has 0 saturated carbocycles. The van der Waals surface area contributed by atoms with E-state index in [2.05, 4.69) is 15.2 Å². The van der Waals surface area contributed by atoms with Crippen LogP contribution in [0.25, 0.3) is 0 Å². The Bertz CT molecular complexity index is 1160. The van der Waals surface area contributed by atoms with Crippen LogP contribution in [0.15, 0.2) is 70.1 Å². The van der Waals surface area contributed by atoms with Gasteiger partial charge in [0.2, 0.25) is 5.91 Å². The van der Waals surface area contributed by atoms with Gasteiger partial charge < -0.3 is 14.9 Å². The second-order valence-corrected chi connectivity index (χ2v) is 8.59. The molecule has 1 atom stereocenters. The molecule has 0 aliphatic heterocycles. The number of rotatable bonds is 9. The number of nitrogens with zero attached hydrogens (tertiary/aromatic N) is 1. The highest BCUT2D eigenvalue weighted by Gasteiger charge is 2.20. The van der Waals surface area contributed by atoms with E-state index in [1.807, 2.05) is 6.07 Å². The molecule has 1 unspecified atom stereocenters. The van der Waals surface area contributed by atoms with E-state index in [1.54, 1.807) is 31.2 Å². The summed E-state index contributed by atoms with van der Waals surface area (Å²) in [7, 11) is -3.86. The van der Waals surface area contributed by atoms with Crippen LogP contribution in [0.3, 0.4) is 0 Å². The molecule has 0 fully saturated rings. The predicted molar refractivity (Wildman–Crippen MR) is 113 cm³/mol. The normalized spacial score (nSPS) is 12.2. The smallest absolute Gasteiger partial charge is 0.303 e. The zero-order valence-electron chi connectivity index (χ0n) is 16.6. The quantitative estimate of drug-likeness (QED) is 0.461. The minimum atomic E-state index is -3.86. The monoisotopic (exact) mass is 443 g/mol. The van der Waals surface area contributed by atoms with Gasteiger partial charge in [0.05, 0.1) is 11.3 Å². The van der Waals surface area contributed by atoms with Crippen molar-refractivity contribution >= 4 is 33.4 Å². The third kappa shape index (κ3) is 6.16. The van der Waals surface area contributed by atoms with E-state index in [4.69, 9.17) is 9.63 Å². The van der Waals surface area contributed by atoms with Crippen LogP contribution in [0, 0.1) is 6.92 Å². The summed E-state index contributed by atoms with van der Waals surface area (Å²) >= 11 is 0. The van der Waals surface area contributed by atoms with Gasteiger partial charge in [-0.15, -0.1) is 0 Å². The number of sulfonamides is 1. The molecular weight excluding hydrogens is 422 g/mol. The molecular formula is C21H21N3O6S. The maximum absolute atomic E-state index is 12.4. The largest absolute Gasteiger partial charge is 0.481 e. The predicted octanol–water partition coefficient (Wildman–Crippen LogP) is 3.37. The lowest BCUT2D eigenvalue weighted by Crippen LogP contribution is -2.18. The van der Waals surface area contributed by atoms with Crippen LogP contribution < -0.4 is 10.0 Å². The van der Waals surface area contributed by atoms with Crippen molar-refractivity contribution in [3.63, 3.8) is 0 Å². The van der Waals surface area contributed by atoms with Gasteiger partial charge >= 0.3 is 5.97 Å². The van der Waals surface area contributed by atoms with Gasteiger partial charge in [-0.1, -0.05) is 35.5 Å². The molecule has 2 aromatic carbocycles. The number of nitrogens with one attached hydrogen (secondary N) is 2. The van der Waals surface area contributed by atoms with Crippen molar-refractivity contribution in [3.05, 3.63) is 72.0 Å². The van der Waals surface area contributed by atoms with E-state index in [9.17, 15) is 18.0 Å². The molecule has 162 valence electrons. The van der Waals surface area contributed by atoms with Crippen molar-refractivity contribution < 1.29 is 27.6 Å². The maximum atomic E-state index is 12.4. The highest BCUT2D eigenvalue weighted by atomic mass is 32.2. The van der Waals surface area contributed by atoms with E-state index >= 15 is 0 Å². The number of carboxylic acids is 1. The highest BCUT2D eigenvalue weighted by Crippen LogP contribution is 2.24. The zero-order chi connectivity index (χ0) is 22.4. The fourth-order valence-electron chi connectivity index (χ4n) is 3.01. The van der Waals surface area contributed by atoms with E-state index in [1.165, 1.54) is 30.3 Å². The second-order valence-electron chi connectivity index (χ2n) is 6.91. The Kier molecular flexibility index (Phi) is 6.71. The van der Waals surface area contributed by atoms with Gasteiger partial charge in [-0.3, -0.25) is 14.3 Å². The number of hydrogen-bond acceptors (Lipinski definition) is 6. The first-order valence-corrected chi connectivity index (χ1v) is 10.8. The molecule has 0 bridgehead atoms. The van der Waals surface area contributed by atoms with E-state index in [-0.39, 0.29) is 29.5 Å². The van der Waals surface area contributed by atoms with Gasteiger partial charge in [0, 0.05) is 24.1 Å². The van der Waals surface area contributed by atoms with Crippen LogP contribution in [0.1, 0.15) is 30.1 Å². The number of carbonyl (C=O) groups is 2. The van der Waals surface area contributed by atoms with Gasteiger partial charge in [-0.05, 0) is 36.8 Å². The summed E-state index contributed by atoms with van der Waals surface area (Å²) in [5, 5.41) is 15.4. The van der Waals surface area contributed by atoms with E-state index in [0.29, 0.717) is 11.4 Å². The molecule has 3 N–H and O–H groups in total. The van der Waals surface area contributed by atoms with Crippen molar-refractivity contribution in [2.45, 2.75) is 30.6 Å². The first-order chi connectivity index (χ1) is 14.7. The van der Waals surface area contributed by atoms with Crippen LogP contribution in [-0.2, 0) is 19.6 Å². The summed E-state index contributed by atoms with van der Waals surface area (Å²) < 4.78 is 32.0. The van der Waals surface area contributed by atoms with Crippen LogP contribution in [0.5, 0.6) is 0 Å². The Morgan fingerprint density at radius 1 is 1.06 bits per heavy atom. The first-order valence-electron chi connectivity index (χ1n) is 9.36. The fraction of sp³-hybridized carbons (Fsp3) is 0.190. The molecule has 0 radical (unpaired) electrons. The van der Waals surface area contributed by atoms with Crippen molar-refractivity contribution in [1.29, 1.82) is 0 Å². The summed E-state index contributed by atoms with van der Waals surface area (Å²) in [4.78, 5) is 23.6. The summed E-state index contributed by atoms with van der Waals surface area (Å²) in [6.07, 6.45) is -0.203. The van der Waals surface area contributed by atoms with Gasteiger partial charge in [-0.2, -0.15) is 0 Å². The van der Waals surface area contributed by atoms with E-state index < -0.39 is 21.9 Å². The van der Waals surface area contributed by atoms with Crippen LogP contribution in [-0.4, -0.2) is 30.6 Å². The number of carbonyl (C=O) groups excluding carboxylic acids is 1. The number of hydrogen-bond donors (Lipinski definition) is 3. The minimum Gasteiger partial charge on any atom is -0.481 e. The number of aromatic nitrogens is 1. The Morgan fingerprint density at radius 3 is 2.32 bits per heavy atom. The Hall–Kier alpha value is -3.66. The molecule has 0 aliphatic carbocycles. The number of aryl methyl sites for hydroxylation is 1. The molecule has 1 heterocycles. The van der Waals surface area contributed by atoms with Gasteiger partial charge in [0.1, 0.15) is 5.76 Å². The number of benzene rings is 2. The molecule has 3 rings (SSSR count). The molecule has 10 heteroatoms. The lowest BCUT2D eigenvalue weighted by Gasteiger charge is -2.15. The second kappa shape index (κ2) is 9.43. The zero-order valence-corrected chi connectivity index (χ0v) is 17.4. The van der Waals surface area contributed by atoms with Gasteiger partial charge in [0.25, 0.3) is 10.0 Å². The summed E-state index contributed by atoms with van der Waals surface area (Å²) in [5.41, 5.74) is 1.15. The minimum absolute atomic E-state index is 0.0146. The molecule has 31 heavy (non-hydrogen) atoms. The molecule has 3 aromatic rings. The number of amides is 1. The lowest BCUT2D eigenvalue weighted by atomic mass is 9.92. The number of anilines is 2. The summed E-state index contributed by atoms with van der Waals surface area (Å²) in [6, 6.07) is 16.0. The van der Waals surface area contributed by atoms with E-state index in [0.717, 1.165) is 5.56 Å². The topological polar surface area (TPSA) is 139 Å². The summed E-state index contributed by atoms with van der Waals surface area (Å²) in [5.74, 6) is -1.31. The number of carboxylic acid groups (broad SMARTS) is 1. The Morgan fingerprint density at radius 2 is 1.74 bits per heavy atom. The van der Waals surface area contributed by atoms with Gasteiger partial charge in [0.15, 0.2) is 5.82 Å². The fourth-order valence-corrected chi connectivity index (χ4v) is 3.99. The Labute approximate surface area is 179 Å². The van der Waals surface area contributed by atoms with Crippen LogP contribution >= 0.6 is 0 Å². The number of aliphatic carboxylic acids is 1. The summed E-state index contributed by atoms with van der Waals surface area (Å²) in [6.45, 7) is 1.64. The maximum Gasteiger partial charge on any atom is 0.303 e. The van der Waals surface area contributed by atoms with Crippen LogP contribution in [0.4, 0.5) is 11.5 Å². The first kappa shape index (κ1) is 22.0. The molecule has 0 aliphatic rings. The average molecular weight is 443 g/mol. The standard InChI is InChI=1S/C21H21N3O6S/c1-14-11-19(23-30-14)24-31(28,29)18-9-7-17(8-10-18)22-20(25)12-16(13-21(26)27)15-5-3-2-4-6-15/h2-11,16H,12-13H2,1H3,(H,22,25)(H,23,24)(H,26,27). The molecule has 0 spiro atoms. The van der Waals surface area contributed by atoms with Crippen molar-refractivity contribution in [1.82, 2.24) is 5.16 Å². The Balaban J connectivity index is 1.65. The lowest BCUT2D eigenvalue weighted by molar-refractivity contribution is -0.137. The van der Waals surface area contributed by atoms with Gasteiger partial charge in [-0.25, -0.2) is 8.42 Å². The average Bonchev–Trinajstić information content (AvgIpc) is 3.12. The highest BCUT2D eigenvalue weighted by molar-refractivity contribution is 7.92. The molecule has 9 nitrogen and oxygen atoms in total. The van der Waals surface area contributed by atoms with Crippen LogP contribution in [0.2, 0.25) is 0 Å².